The maximum absolute atomic E-state index is 11.0. The topological polar surface area (TPSA) is 75.4 Å². The van der Waals surface area contributed by atoms with Crippen LogP contribution in [0.15, 0.2) is 36.4 Å². The highest BCUT2D eigenvalue weighted by Gasteiger charge is 2.14. The van der Waals surface area contributed by atoms with Crippen molar-refractivity contribution in [1.82, 2.24) is 0 Å². The first-order valence-corrected chi connectivity index (χ1v) is 6.31. The quantitative estimate of drug-likeness (QED) is 0.662. The summed E-state index contributed by atoms with van der Waals surface area (Å²) in [5, 5.41) is 24.0. The van der Waals surface area contributed by atoms with Crippen LogP contribution < -0.4 is 5.32 Å². The number of nitro benzene ring substituents is 1. The van der Waals surface area contributed by atoms with Crippen molar-refractivity contribution in [2.24, 2.45) is 0 Å². The zero-order valence-electron chi connectivity index (χ0n) is 10.8. The first kappa shape index (κ1) is 14.1. The largest absolute Gasteiger partial charge is 0.508 e. The molecule has 0 spiro atoms. The fraction of sp³-hybridized carbons (Fsp3) is 0.143. The Morgan fingerprint density at radius 2 is 2.05 bits per heavy atom. The van der Waals surface area contributed by atoms with Gasteiger partial charge in [-0.25, -0.2) is 0 Å². The molecule has 0 saturated carbocycles. The molecule has 2 rings (SSSR count). The van der Waals surface area contributed by atoms with Gasteiger partial charge in [-0.2, -0.15) is 0 Å². The van der Waals surface area contributed by atoms with Gasteiger partial charge in [-0.3, -0.25) is 10.1 Å². The van der Waals surface area contributed by atoms with E-state index in [2.05, 4.69) is 5.32 Å². The highest BCUT2D eigenvalue weighted by Crippen LogP contribution is 2.29. The molecule has 6 heteroatoms. The lowest BCUT2D eigenvalue weighted by Crippen LogP contribution is -2.03. The SMILES string of the molecule is Cc1ccc(O)c(CNc2ccc(Cl)cc2[N+](=O)[O-])c1. The second-order valence-electron chi connectivity index (χ2n) is 4.40. The molecule has 0 bridgehead atoms. The average molecular weight is 293 g/mol. The number of phenols is 1. The van der Waals surface area contributed by atoms with Gasteiger partial charge in [0.1, 0.15) is 11.4 Å². The molecule has 2 aromatic carbocycles. The molecule has 0 aliphatic heterocycles. The smallest absolute Gasteiger partial charge is 0.293 e. The Kier molecular flexibility index (Phi) is 4.10. The number of nitrogens with one attached hydrogen (secondary N) is 1. The summed E-state index contributed by atoms with van der Waals surface area (Å²) in [6.45, 7) is 2.20. The lowest BCUT2D eigenvalue weighted by molar-refractivity contribution is -0.383. The van der Waals surface area contributed by atoms with Crippen LogP contribution in [-0.4, -0.2) is 10.0 Å². The fourth-order valence-electron chi connectivity index (χ4n) is 1.85. The summed E-state index contributed by atoms with van der Waals surface area (Å²) in [7, 11) is 0. The number of anilines is 1. The van der Waals surface area contributed by atoms with E-state index < -0.39 is 4.92 Å². The van der Waals surface area contributed by atoms with E-state index in [0.29, 0.717) is 16.3 Å². The van der Waals surface area contributed by atoms with Crippen LogP contribution in [-0.2, 0) is 6.54 Å². The van der Waals surface area contributed by atoms with E-state index in [0.717, 1.165) is 5.56 Å². The number of nitrogens with zero attached hydrogens (tertiary/aromatic N) is 1. The van der Waals surface area contributed by atoms with E-state index in [9.17, 15) is 15.2 Å². The van der Waals surface area contributed by atoms with Gasteiger partial charge >= 0.3 is 0 Å². The summed E-state index contributed by atoms with van der Waals surface area (Å²) < 4.78 is 0. The molecule has 0 saturated heterocycles. The third kappa shape index (κ3) is 3.19. The van der Waals surface area contributed by atoms with Crippen LogP contribution in [0.2, 0.25) is 5.02 Å². The summed E-state index contributed by atoms with van der Waals surface area (Å²) in [5.74, 6) is 0.153. The van der Waals surface area contributed by atoms with E-state index in [4.69, 9.17) is 11.6 Å². The fourth-order valence-corrected chi connectivity index (χ4v) is 2.02. The monoisotopic (exact) mass is 292 g/mol. The van der Waals surface area contributed by atoms with Crippen LogP contribution in [0.4, 0.5) is 11.4 Å². The zero-order valence-corrected chi connectivity index (χ0v) is 11.5. The van der Waals surface area contributed by atoms with Crippen LogP contribution in [0.3, 0.4) is 0 Å². The van der Waals surface area contributed by atoms with Crippen LogP contribution >= 0.6 is 11.6 Å². The molecular formula is C14H13ClN2O3. The predicted octanol–water partition coefficient (Wildman–Crippen LogP) is 3.87. The Morgan fingerprint density at radius 3 is 2.75 bits per heavy atom. The zero-order chi connectivity index (χ0) is 14.7. The molecule has 20 heavy (non-hydrogen) atoms. The van der Waals surface area contributed by atoms with Crippen LogP contribution in [0.5, 0.6) is 5.75 Å². The third-order valence-corrected chi connectivity index (χ3v) is 3.10. The van der Waals surface area contributed by atoms with Crippen molar-refractivity contribution in [3.8, 4) is 5.75 Å². The van der Waals surface area contributed by atoms with Crippen molar-refractivity contribution in [2.75, 3.05) is 5.32 Å². The first-order valence-electron chi connectivity index (χ1n) is 5.93. The first-order chi connectivity index (χ1) is 9.47. The van der Waals surface area contributed by atoms with Gasteiger partial charge in [-0.15, -0.1) is 0 Å². The van der Waals surface area contributed by atoms with Crippen molar-refractivity contribution >= 4 is 23.0 Å². The van der Waals surface area contributed by atoms with E-state index in [1.807, 2.05) is 13.0 Å². The van der Waals surface area contributed by atoms with E-state index in [1.54, 1.807) is 24.3 Å². The maximum Gasteiger partial charge on any atom is 0.293 e. The van der Waals surface area contributed by atoms with E-state index in [1.165, 1.54) is 6.07 Å². The molecule has 0 aliphatic rings. The second kappa shape index (κ2) is 5.79. The maximum atomic E-state index is 11.0. The van der Waals surface area contributed by atoms with Gasteiger partial charge in [0.05, 0.1) is 4.92 Å². The molecule has 0 fully saturated rings. The summed E-state index contributed by atoms with van der Waals surface area (Å²) in [6, 6.07) is 9.64. The van der Waals surface area contributed by atoms with E-state index >= 15 is 0 Å². The molecule has 104 valence electrons. The van der Waals surface area contributed by atoms with Crippen molar-refractivity contribution in [3.05, 3.63) is 62.7 Å². The normalized spacial score (nSPS) is 10.3. The molecular weight excluding hydrogens is 280 g/mol. The number of phenolic OH excluding ortho intramolecular Hbond substituents is 1. The van der Waals surface area contributed by atoms with Crippen LogP contribution in [0.25, 0.3) is 0 Å². The number of hydrogen-bond donors (Lipinski definition) is 2. The van der Waals surface area contributed by atoms with Gasteiger partial charge in [-0.1, -0.05) is 29.3 Å². The molecule has 0 aromatic heterocycles. The molecule has 0 heterocycles. The number of nitro groups is 1. The lowest BCUT2D eigenvalue weighted by Gasteiger charge is -2.09. The number of aromatic hydroxyl groups is 1. The van der Waals surface area contributed by atoms with Crippen LogP contribution in [0.1, 0.15) is 11.1 Å². The van der Waals surface area contributed by atoms with Gasteiger partial charge in [-0.05, 0) is 25.1 Å². The summed E-state index contributed by atoms with van der Waals surface area (Å²) in [6.07, 6.45) is 0. The number of benzene rings is 2. The van der Waals surface area contributed by atoms with Crippen LogP contribution in [0, 0.1) is 17.0 Å². The molecule has 0 aliphatic carbocycles. The Hall–Kier alpha value is -2.27. The van der Waals surface area contributed by atoms with Gasteiger partial charge in [0.25, 0.3) is 5.69 Å². The Balaban J connectivity index is 2.23. The Labute approximate surface area is 121 Å². The Morgan fingerprint density at radius 1 is 1.30 bits per heavy atom. The van der Waals surface area contributed by atoms with Crippen molar-refractivity contribution in [1.29, 1.82) is 0 Å². The number of halogens is 1. The van der Waals surface area contributed by atoms with Gasteiger partial charge in [0.15, 0.2) is 0 Å². The minimum absolute atomic E-state index is 0.0929. The molecule has 2 N–H and O–H groups in total. The van der Waals surface area contributed by atoms with Crippen molar-refractivity contribution in [2.45, 2.75) is 13.5 Å². The van der Waals surface area contributed by atoms with E-state index in [-0.39, 0.29) is 18.0 Å². The van der Waals surface area contributed by atoms with Gasteiger partial charge in [0, 0.05) is 23.2 Å². The molecule has 0 atom stereocenters. The minimum Gasteiger partial charge on any atom is -0.508 e. The third-order valence-electron chi connectivity index (χ3n) is 2.86. The molecule has 2 aromatic rings. The van der Waals surface area contributed by atoms with Crippen molar-refractivity contribution in [3.63, 3.8) is 0 Å². The highest BCUT2D eigenvalue weighted by molar-refractivity contribution is 6.30. The Bertz CT molecular complexity index is 659. The average Bonchev–Trinajstić information content (AvgIpc) is 2.40. The summed E-state index contributed by atoms with van der Waals surface area (Å²) in [4.78, 5) is 10.5. The number of rotatable bonds is 4. The van der Waals surface area contributed by atoms with Gasteiger partial charge < -0.3 is 10.4 Å². The molecule has 0 radical (unpaired) electrons. The summed E-state index contributed by atoms with van der Waals surface area (Å²) in [5.41, 5.74) is 1.95. The number of aryl methyl sites for hydroxylation is 1. The number of hydrogen-bond acceptors (Lipinski definition) is 4. The molecule has 0 amide bonds. The second-order valence-corrected chi connectivity index (χ2v) is 4.84. The summed E-state index contributed by atoms with van der Waals surface area (Å²) >= 11 is 5.75. The standard InChI is InChI=1S/C14H13ClN2O3/c1-9-2-5-14(18)10(6-9)8-16-12-4-3-11(15)7-13(12)17(19)20/h2-7,16,18H,8H2,1H3. The highest BCUT2D eigenvalue weighted by atomic mass is 35.5. The van der Waals surface area contributed by atoms with Crippen molar-refractivity contribution < 1.29 is 10.0 Å². The minimum atomic E-state index is -0.496. The predicted molar refractivity (Wildman–Crippen MR) is 78.3 cm³/mol. The molecule has 0 unspecified atom stereocenters. The van der Waals surface area contributed by atoms with Gasteiger partial charge in [0.2, 0.25) is 0 Å². The lowest BCUT2D eigenvalue weighted by atomic mass is 10.1. The molecule has 5 nitrogen and oxygen atoms in total.